The maximum absolute atomic E-state index is 5.96. The first-order valence-electron chi connectivity index (χ1n) is 6.80. The van der Waals surface area contributed by atoms with Crippen LogP contribution in [-0.4, -0.2) is 22.9 Å². The lowest BCUT2D eigenvalue weighted by Gasteiger charge is -2.19. The second kappa shape index (κ2) is 7.31. The SMILES string of the molecule is CCCNC(COc1cccc(Cl)c1)c1ccnn1C. The van der Waals surface area contributed by atoms with Crippen LogP contribution in [-0.2, 0) is 7.05 Å². The third kappa shape index (κ3) is 3.99. The predicted octanol–water partition coefficient (Wildman–Crippen LogP) is 3.19. The van der Waals surface area contributed by atoms with Crippen LogP contribution in [0, 0.1) is 0 Å². The van der Waals surface area contributed by atoms with Gasteiger partial charge in [0.15, 0.2) is 0 Å². The maximum Gasteiger partial charge on any atom is 0.120 e. The van der Waals surface area contributed by atoms with Gasteiger partial charge in [0, 0.05) is 18.3 Å². The van der Waals surface area contributed by atoms with Gasteiger partial charge in [-0.3, -0.25) is 4.68 Å². The van der Waals surface area contributed by atoms with Crippen molar-refractivity contribution in [3.63, 3.8) is 0 Å². The number of benzene rings is 1. The van der Waals surface area contributed by atoms with E-state index >= 15 is 0 Å². The van der Waals surface area contributed by atoms with E-state index in [4.69, 9.17) is 16.3 Å². The Morgan fingerprint density at radius 3 is 2.90 bits per heavy atom. The fourth-order valence-electron chi connectivity index (χ4n) is 2.03. The highest BCUT2D eigenvalue weighted by molar-refractivity contribution is 6.30. The van der Waals surface area contributed by atoms with Gasteiger partial charge in [0.05, 0.1) is 11.7 Å². The Morgan fingerprint density at radius 2 is 2.25 bits per heavy atom. The molecule has 1 N–H and O–H groups in total. The van der Waals surface area contributed by atoms with Crippen molar-refractivity contribution < 1.29 is 4.74 Å². The van der Waals surface area contributed by atoms with Crippen molar-refractivity contribution in [1.82, 2.24) is 15.1 Å². The van der Waals surface area contributed by atoms with E-state index in [9.17, 15) is 0 Å². The number of ether oxygens (including phenoxy) is 1. The predicted molar refractivity (Wildman–Crippen MR) is 81.2 cm³/mol. The summed E-state index contributed by atoms with van der Waals surface area (Å²) in [5, 5.41) is 8.37. The van der Waals surface area contributed by atoms with Crippen LogP contribution in [0.4, 0.5) is 0 Å². The largest absolute Gasteiger partial charge is 0.491 e. The lowest BCUT2D eigenvalue weighted by atomic mass is 10.2. The van der Waals surface area contributed by atoms with Crippen molar-refractivity contribution in [2.45, 2.75) is 19.4 Å². The summed E-state index contributed by atoms with van der Waals surface area (Å²) in [6.45, 7) is 3.62. The molecule has 0 aliphatic heterocycles. The summed E-state index contributed by atoms with van der Waals surface area (Å²) in [6, 6.07) is 9.57. The normalized spacial score (nSPS) is 12.3. The minimum Gasteiger partial charge on any atom is -0.491 e. The van der Waals surface area contributed by atoms with E-state index < -0.39 is 0 Å². The Bertz CT molecular complexity index is 541. The molecule has 1 atom stereocenters. The molecular weight excluding hydrogens is 274 g/mol. The van der Waals surface area contributed by atoms with Gasteiger partial charge in [-0.05, 0) is 37.2 Å². The highest BCUT2D eigenvalue weighted by Gasteiger charge is 2.15. The first-order valence-corrected chi connectivity index (χ1v) is 7.18. The highest BCUT2D eigenvalue weighted by atomic mass is 35.5. The third-order valence-electron chi connectivity index (χ3n) is 3.07. The second-order valence-electron chi connectivity index (χ2n) is 4.65. The van der Waals surface area contributed by atoms with Crippen LogP contribution in [0.15, 0.2) is 36.5 Å². The van der Waals surface area contributed by atoms with Crippen molar-refractivity contribution in [3.05, 3.63) is 47.2 Å². The van der Waals surface area contributed by atoms with E-state index in [1.54, 1.807) is 6.20 Å². The number of hydrogen-bond donors (Lipinski definition) is 1. The number of aryl methyl sites for hydroxylation is 1. The Morgan fingerprint density at radius 1 is 1.40 bits per heavy atom. The van der Waals surface area contributed by atoms with E-state index in [-0.39, 0.29) is 6.04 Å². The first-order chi connectivity index (χ1) is 9.70. The van der Waals surface area contributed by atoms with E-state index in [1.165, 1.54) is 0 Å². The number of nitrogens with zero attached hydrogens (tertiary/aromatic N) is 2. The van der Waals surface area contributed by atoms with Crippen molar-refractivity contribution >= 4 is 11.6 Å². The van der Waals surface area contributed by atoms with Crippen LogP contribution in [0.1, 0.15) is 25.1 Å². The molecule has 2 rings (SSSR count). The van der Waals surface area contributed by atoms with Gasteiger partial charge >= 0.3 is 0 Å². The van der Waals surface area contributed by atoms with Crippen LogP contribution >= 0.6 is 11.6 Å². The molecule has 108 valence electrons. The summed E-state index contributed by atoms with van der Waals surface area (Å²) in [4.78, 5) is 0. The van der Waals surface area contributed by atoms with Gasteiger partial charge in [-0.2, -0.15) is 5.10 Å². The van der Waals surface area contributed by atoms with Crippen LogP contribution in [0.2, 0.25) is 5.02 Å². The quantitative estimate of drug-likeness (QED) is 0.852. The van der Waals surface area contributed by atoms with Crippen molar-refractivity contribution in [2.24, 2.45) is 7.05 Å². The molecule has 0 bridgehead atoms. The molecule has 2 aromatic rings. The van der Waals surface area contributed by atoms with Crippen LogP contribution in [0.25, 0.3) is 0 Å². The average molecular weight is 294 g/mol. The maximum atomic E-state index is 5.96. The smallest absolute Gasteiger partial charge is 0.120 e. The second-order valence-corrected chi connectivity index (χ2v) is 5.09. The lowest BCUT2D eigenvalue weighted by Crippen LogP contribution is -2.29. The standard InChI is InChI=1S/C15H20ClN3O/c1-3-8-17-14(15-7-9-18-19(15)2)11-20-13-6-4-5-12(16)10-13/h4-7,9-10,14,17H,3,8,11H2,1-2H3. The molecule has 0 radical (unpaired) electrons. The topological polar surface area (TPSA) is 39.1 Å². The minimum absolute atomic E-state index is 0.112. The molecule has 4 nitrogen and oxygen atoms in total. The summed E-state index contributed by atoms with van der Waals surface area (Å²) < 4.78 is 7.71. The summed E-state index contributed by atoms with van der Waals surface area (Å²) >= 11 is 5.96. The number of hydrogen-bond acceptors (Lipinski definition) is 3. The number of rotatable bonds is 7. The van der Waals surface area contributed by atoms with Gasteiger partial charge in [0.25, 0.3) is 0 Å². The highest BCUT2D eigenvalue weighted by Crippen LogP contribution is 2.19. The Balaban J connectivity index is 2.03. The van der Waals surface area contributed by atoms with E-state index in [2.05, 4.69) is 17.3 Å². The van der Waals surface area contributed by atoms with Gasteiger partial charge in [0.2, 0.25) is 0 Å². The Labute approximate surface area is 124 Å². The van der Waals surface area contributed by atoms with Crippen LogP contribution in [0.3, 0.4) is 0 Å². The molecule has 20 heavy (non-hydrogen) atoms. The molecule has 0 aliphatic carbocycles. The van der Waals surface area contributed by atoms with E-state index in [1.807, 2.05) is 42.1 Å². The molecule has 1 aromatic heterocycles. The third-order valence-corrected chi connectivity index (χ3v) is 3.30. The number of halogens is 1. The van der Waals surface area contributed by atoms with Gasteiger partial charge in [-0.25, -0.2) is 0 Å². The number of nitrogens with one attached hydrogen (secondary N) is 1. The Hall–Kier alpha value is -1.52. The van der Waals surface area contributed by atoms with E-state index in [0.29, 0.717) is 11.6 Å². The monoisotopic (exact) mass is 293 g/mol. The lowest BCUT2D eigenvalue weighted by molar-refractivity contribution is 0.260. The first kappa shape index (κ1) is 14.9. The van der Waals surface area contributed by atoms with Gasteiger partial charge in [-0.15, -0.1) is 0 Å². The molecule has 0 aliphatic rings. The molecule has 0 amide bonds. The zero-order valence-electron chi connectivity index (χ0n) is 11.8. The summed E-state index contributed by atoms with van der Waals surface area (Å²) in [6.07, 6.45) is 2.88. The fourth-order valence-corrected chi connectivity index (χ4v) is 2.21. The van der Waals surface area contributed by atoms with Crippen LogP contribution in [0.5, 0.6) is 5.75 Å². The van der Waals surface area contributed by atoms with Crippen molar-refractivity contribution in [2.75, 3.05) is 13.2 Å². The molecular formula is C15H20ClN3O. The summed E-state index contributed by atoms with van der Waals surface area (Å²) in [5.74, 6) is 0.781. The van der Waals surface area contributed by atoms with Crippen molar-refractivity contribution in [1.29, 1.82) is 0 Å². The minimum atomic E-state index is 0.112. The molecule has 1 heterocycles. The summed E-state index contributed by atoms with van der Waals surface area (Å²) in [7, 11) is 1.94. The van der Waals surface area contributed by atoms with Gasteiger partial charge < -0.3 is 10.1 Å². The molecule has 1 unspecified atom stereocenters. The zero-order chi connectivity index (χ0) is 14.4. The molecule has 5 heteroatoms. The molecule has 0 spiro atoms. The molecule has 1 aromatic carbocycles. The zero-order valence-corrected chi connectivity index (χ0v) is 12.6. The van der Waals surface area contributed by atoms with Crippen molar-refractivity contribution in [3.8, 4) is 5.75 Å². The number of aromatic nitrogens is 2. The van der Waals surface area contributed by atoms with Gasteiger partial charge in [0.1, 0.15) is 12.4 Å². The molecule has 0 fully saturated rings. The molecule has 0 saturated heterocycles. The molecule has 0 saturated carbocycles. The fraction of sp³-hybridized carbons (Fsp3) is 0.400. The Kier molecular flexibility index (Phi) is 5.44. The van der Waals surface area contributed by atoms with Gasteiger partial charge in [-0.1, -0.05) is 24.6 Å². The van der Waals surface area contributed by atoms with E-state index in [0.717, 1.165) is 24.4 Å². The average Bonchev–Trinajstić information content (AvgIpc) is 2.85. The van der Waals surface area contributed by atoms with Crippen LogP contribution < -0.4 is 10.1 Å². The summed E-state index contributed by atoms with van der Waals surface area (Å²) in [5.41, 5.74) is 1.11.